The van der Waals surface area contributed by atoms with Crippen LogP contribution in [-0.4, -0.2) is 33.4 Å². The normalized spacial score (nSPS) is 14.1. The molecule has 0 saturated carbocycles. The highest BCUT2D eigenvalue weighted by molar-refractivity contribution is 6.33. The van der Waals surface area contributed by atoms with Crippen molar-refractivity contribution in [3.63, 3.8) is 0 Å². The van der Waals surface area contributed by atoms with Crippen molar-refractivity contribution < 1.29 is 4.74 Å². The molecule has 3 nitrogen and oxygen atoms in total. The first-order chi connectivity index (χ1) is 9.54. The molecule has 0 bridgehead atoms. The molecule has 1 aromatic carbocycles. The first-order valence-electron chi connectivity index (χ1n) is 7.27. The predicted octanol–water partition coefficient (Wildman–Crippen LogP) is 3.87. The van der Waals surface area contributed by atoms with E-state index in [1.165, 1.54) is 5.56 Å². The van der Waals surface area contributed by atoms with Gasteiger partial charge in [0.15, 0.2) is 0 Å². The summed E-state index contributed by atoms with van der Waals surface area (Å²) in [6.45, 7) is 8.09. The lowest BCUT2D eigenvalue weighted by molar-refractivity contribution is 0.203. The molecule has 0 amide bonds. The first kappa shape index (κ1) is 17.3. The lowest BCUT2D eigenvalue weighted by atomic mass is 10.1. The molecule has 114 valence electrons. The first-order valence-corrected chi connectivity index (χ1v) is 7.65. The van der Waals surface area contributed by atoms with E-state index in [4.69, 9.17) is 16.3 Å². The van der Waals surface area contributed by atoms with Crippen molar-refractivity contribution in [2.45, 2.75) is 39.3 Å². The van der Waals surface area contributed by atoms with Gasteiger partial charge in [-0.3, -0.25) is 0 Å². The highest BCUT2D eigenvalue weighted by atomic mass is 35.5. The number of nitrogens with zero attached hydrogens (tertiary/aromatic N) is 1. The minimum atomic E-state index is 0.303. The van der Waals surface area contributed by atoms with Gasteiger partial charge >= 0.3 is 0 Å². The van der Waals surface area contributed by atoms with Gasteiger partial charge in [-0.2, -0.15) is 0 Å². The van der Waals surface area contributed by atoms with E-state index in [9.17, 15) is 0 Å². The maximum Gasteiger partial charge on any atom is 0.0643 e. The van der Waals surface area contributed by atoms with E-state index >= 15 is 0 Å². The van der Waals surface area contributed by atoms with E-state index in [1.54, 1.807) is 7.11 Å². The van der Waals surface area contributed by atoms with Crippen molar-refractivity contribution in [2.75, 3.05) is 32.2 Å². The molecule has 1 rings (SSSR count). The van der Waals surface area contributed by atoms with E-state index < -0.39 is 0 Å². The third-order valence-electron chi connectivity index (χ3n) is 3.87. The third kappa shape index (κ3) is 4.37. The number of hydrogen-bond acceptors (Lipinski definition) is 3. The highest BCUT2D eigenvalue weighted by Crippen LogP contribution is 2.30. The predicted molar refractivity (Wildman–Crippen MR) is 87.9 cm³/mol. The molecule has 1 N–H and O–H groups in total. The van der Waals surface area contributed by atoms with Gasteiger partial charge in [-0.15, -0.1) is 0 Å². The van der Waals surface area contributed by atoms with Crippen LogP contribution in [0.5, 0.6) is 0 Å². The summed E-state index contributed by atoms with van der Waals surface area (Å²) in [5.41, 5.74) is 2.29. The number of rotatable bonds is 8. The SMILES string of the molecule is CCC(C)N(CCOC)c1ccc(C(C)NC)cc1Cl. The largest absolute Gasteiger partial charge is 0.383 e. The molecule has 0 aliphatic rings. The molecule has 20 heavy (non-hydrogen) atoms. The van der Waals surface area contributed by atoms with Gasteiger partial charge in [-0.05, 0) is 45.0 Å². The molecule has 0 radical (unpaired) electrons. The number of benzene rings is 1. The summed E-state index contributed by atoms with van der Waals surface area (Å²) in [6, 6.07) is 7.06. The molecular formula is C16H27ClN2O. The lowest BCUT2D eigenvalue weighted by Gasteiger charge is -2.31. The Balaban J connectivity index is 3.01. The summed E-state index contributed by atoms with van der Waals surface area (Å²) in [4.78, 5) is 2.32. The van der Waals surface area contributed by atoms with Gasteiger partial charge < -0.3 is 15.0 Å². The molecule has 0 aromatic heterocycles. The Morgan fingerprint density at radius 2 is 2.05 bits per heavy atom. The summed E-state index contributed by atoms with van der Waals surface area (Å²) < 4.78 is 5.21. The van der Waals surface area contributed by atoms with Crippen molar-refractivity contribution in [2.24, 2.45) is 0 Å². The van der Waals surface area contributed by atoms with Crippen molar-refractivity contribution >= 4 is 17.3 Å². The molecule has 0 spiro atoms. The molecule has 2 unspecified atom stereocenters. The van der Waals surface area contributed by atoms with Gasteiger partial charge in [-0.1, -0.05) is 24.6 Å². The van der Waals surface area contributed by atoms with Crippen molar-refractivity contribution in [1.82, 2.24) is 5.32 Å². The second-order valence-corrected chi connectivity index (χ2v) is 5.57. The maximum atomic E-state index is 6.49. The standard InChI is InChI=1S/C16H27ClN2O/c1-6-12(2)19(9-10-20-5)16-8-7-14(11-15(16)17)13(3)18-4/h7-8,11-13,18H,6,9-10H2,1-5H3. The van der Waals surface area contributed by atoms with E-state index in [0.29, 0.717) is 18.7 Å². The zero-order chi connectivity index (χ0) is 15.1. The van der Waals surface area contributed by atoms with Crippen LogP contribution in [0.1, 0.15) is 38.8 Å². The molecule has 0 aliphatic carbocycles. The quantitative estimate of drug-likeness (QED) is 0.788. The monoisotopic (exact) mass is 298 g/mol. The third-order valence-corrected chi connectivity index (χ3v) is 4.18. The van der Waals surface area contributed by atoms with Crippen LogP contribution < -0.4 is 10.2 Å². The van der Waals surface area contributed by atoms with Crippen LogP contribution in [0.25, 0.3) is 0 Å². The Kier molecular flexibility index (Phi) is 7.35. The molecule has 0 aliphatic heterocycles. The van der Waals surface area contributed by atoms with Crippen molar-refractivity contribution in [1.29, 1.82) is 0 Å². The Morgan fingerprint density at radius 1 is 1.35 bits per heavy atom. The van der Waals surface area contributed by atoms with Gasteiger partial charge in [0.1, 0.15) is 0 Å². The summed E-state index contributed by atoms with van der Waals surface area (Å²) in [5.74, 6) is 0. The molecule has 0 heterocycles. The number of nitrogens with one attached hydrogen (secondary N) is 1. The zero-order valence-corrected chi connectivity index (χ0v) is 14.0. The highest BCUT2D eigenvalue weighted by Gasteiger charge is 2.16. The Labute approximate surface area is 128 Å². The zero-order valence-electron chi connectivity index (χ0n) is 13.2. The Bertz CT molecular complexity index is 411. The van der Waals surface area contributed by atoms with Gasteiger partial charge in [-0.25, -0.2) is 0 Å². The minimum Gasteiger partial charge on any atom is -0.383 e. The molecular weight excluding hydrogens is 272 g/mol. The fourth-order valence-electron chi connectivity index (χ4n) is 2.18. The van der Waals surface area contributed by atoms with Crippen LogP contribution in [0.4, 0.5) is 5.69 Å². The van der Waals surface area contributed by atoms with Crippen molar-refractivity contribution in [3.05, 3.63) is 28.8 Å². The van der Waals surface area contributed by atoms with Gasteiger partial charge in [0.05, 0.1) is 17.3 Å². The fraction of sp³-hybridized carbons (Fsp3) is 0.625. The van der Waals surface area contributed by atoms with E-state index in [1.807, 2.05) is 7.05 Å². The minimum absolute atomic E-state index is 0.303. The van der Waals surface area contributed by atoms with Crippen LogP contribution in [0.2, 0.25) is 5.02 Å². The smallest absolute Gasteiger partial charge is 0.0643 e. The van der Waals surface area contributed by atoms with Gasteiger partial charge in [0.2, 0.25) is 0 Å². The van der Waals surface area contributed by atoms with E-state index in [-0.39, 0.29) is 0 Å². The van der Waals surface area contributed by atoms with E-state index in [0.717, 1.165) is 23.7 Å². The number of halogens is 1. The summed E-state index contributed by atoms with van der Waals surface area (Å²) in [7, 11) is 3.69. The Hall–Kier alpha value is -0.770. The summed E-state index contributed by atoms with van der Waals surface area (Å²) in [6.07, 6.45) is 1.08. The lowest BCUT2D eigenvalue weighted by Crippen LogP contribution is -2.35. The topological polar surface area (TPSA) is 24.5 Å². The molecule has 4 heteroatoms. The number of methoxy groups -OCH3 is 1. The molecule has 0 fully saturated rings. The average Bonchev–Trinajstić information content (AvgIpc) is 2.47. The van der Waals surface area contributed by atoms with Crippen LogP contribution in [0.15, 0.2) is 18.2 Å². The second-order valence-electron chi connectivity index (χ2n) is 5.16. The average molecular weight is 299 g/mol. The molecule has 1 aromatic rings. The fourth-order valence-corrected chi connectivity index (χ4v) is 2.48. The number of ether oxygens (including phenoxy) is 1. The summed E-state index contributed by atoms with van der Waals surface area (Å²) >= 11 is 6.49. The molecule has 2 atom stereocenters. The number of anilines is 1. The van der Waals surface area contributed by atoms with Crippen LogP contribution in [0, 0.1) is 0 Å². The van der Waals surface area contributed by atoms with Crippen LogP contribution >= 0.6 is 11.6 Å². The second kappa shape index (κ2) is 8.50. The maximum absolute atomic E-state index is 6.49. The van der Waals surface area contributed by atoms with Gasteiger partial charge in [0.25, 0.3) is 0 Å². The van der Waals surface area contributed by atoms with Crippen molar-refractivity contribution in [3.8, 4) is 0 Å². The summed E-state index contributed by atoms with van der Waals surface area (Å²) in [5, 5.41) is 4.04. The molecule has 0 saturated heterocycles. The van der Waals surface area contributed by atoms with Crippen LogP contribution in [0.3, 0.4) is 0 Å². The van der Waals surface area contributed by atoms with Gasteiger partial charge in [0, 0.05) is 25.7 Å². The Morgan fingerprint density at radius 3 is 2.55 bits per heavy atom. The number of hydrogen-bond donors (Lipinski definition) is 1. The van der Waals surface area contributed by atoms with E-state index in [2.05, 4.69) is 49.2 Å². The van der Waals surface area contributed by atoms with Crippen LogP contribution in [-0.2, 0) is 4.74 Å².